The highest BCUT2D eigenvalue weighted by Gasteiger charge is 2.38. The SMILES string of the molecule is NCCC(c1ccccc1)(c1ccccc1)c1nc2ccccc2[nH]1. The zero-order valence-corrected chi connectivity index (χ0v) is 14.0. The van der Waals surface area contributed by atoms with Crippen LogP contribution < -0.4 is 5.73 Å². The third-order valence-electron chi connectivity index (χ3n) is 4.85. The third kappa shape index (κ3) is 2.63. The summed E-state index contributed by atoms with van der Waals surface area (Å²) in [6, 6.07) is 29.2. The van der Waals surface area contributed by atoms with Gasteiger partial charge in [-0.15, -0.1) is 0 Å². The van der Waals surface area contributed by atoms with E-state index < -0.39 is 5.41 Å². The smallest absolute Gasteiger partial charge is 0.122 e. The van der Waals surface area contributed by atoms with Gasteiger partial charge in [0.25, 0.3) is 0 Å². The fourth-order valence-corrected chi connectivity index (χ4v) is 3.66. The van der Waals surface area contributed by atoms with Crippen molar-refractivity contribution < 1.29 is 0 Å². The lowest BCUT2D eigenvalue weighted by atomic mass is 9.71. The summed E-state index contributed by atoms with van der Waals surface area (Å²) in [7, 11) is 0. The van der Waals surface area contributed by atoms with E-state index in [0.717, 1.165) is 23.3 Å². The lowest BCUT2D eigenvalue weighted by molar-refractivity contribution is 0.540. The summed E-state index contributed by atoms with van der Waals surface area (Å²) in [6.45, 7) is 0.570. The minimum absolute atomic E-state index is 0.393. The maximum Gasteiger partial charge on any atom is 0.122 e. The summed E-state index contributed by atoms with van der Waals surface area (Å²) in [5, 5.41) is 0. The molecule has 0 bridgehead atoms. The standard InChI is InChI=1S/C22H21N3/c23-16-15-22(17-9-3-1-4-10-17,18-11-5-2-6-12-18)21-24-19-13-7-8-14-20(19)25-21/h1-14H,15-16,23H2,(H,24,25). The normalized spacial score (nSPS) is 11.7. The van der Waals surface area contributed by atoms with Gasteiger partial charge in [0.1, 0.15) is 5.82 Å². The van der Waals surface area contributed by atoms with E-state index in [-0.39, 0.29) is 0 Å². The Morgan fingerprint density at radius 1 is 0.760 bits per heavy atom. The number of hydrogen-bond donors (Lipinski definition) is 2. The predicted molar refractivity (Wildman–Crippen MR) is 103 cm³/mol. The Hall–Kier alpha value is -2.91. The van der Waals surface area contributed by atoms with Crippen molar-refractivity contribution in [3.05, 3.63) is 102 Å². The van der Waals surface area contributed by atoms with Crippen molar-refractivity contribution in [2.45, 2.75) is 11.8 Å². The first-order valence-electron chi connectivity index (χ1n) is 8.61. The minimum atomic E-state index is -0.393. The fourth-order valence-electron chi connectivity index (χ4n) is 3.66. The van der Waals surface area contributed by atoms with Crippen LogP contribution in [0, 0.1) is 0 Å². The zero-order chi connectivity index (χ0) is 17.1. The Morgan fingerprint density at radius 3 is 1.88 bits per heavy atom. The first-order chi connectivity index (χ1) is 12.3. The number of fused-ring (bicyclic) bond motifs is 1. The molecule has 3 nitrogen and oxygen atoms in total. The van der Waals surface area contributed by atoms with Crippen molar-refractivity contribution in [1.29, 1.82) is 0 Å². The molecule has 0 spiro atoms. The van der Waals surface area contributed by atoms with Crippen molar-refractivity contribution in [1.82, 2.24) is 9.97 Å². The van der Waals surface area contributed by atoms with Crippen LogP contribution in [0.1, 0.15) is 23.4 Å². The van der Waals surface area contributed by atoms with E-state index in [9.17, 15) is 0 Å². The van der Waals surface area contributed by atoms with Gasteiger partial charge in [-0.3, -0.25) is 0 Å². The lowest BCUT2D eigenvalue weighted by Crippen LogP contribution is -2.33. The Kier molecular flexibility index (Phi) is 4.08. The molecule has 3 aromatic carbocycles. The topological polar surface area (TPSA) is 54.7 Å². The molecule has 0 amide bonds. The molecule has 4 rings (SSSR count). The maximum absolute atomic E-state index is 6.08. The number of nitrogens with one attached hydrogen (secondary N) is 1. The van der Waals surface area contributed by atoms with Gasteiger partial charge < -0.3 is 10.7 Å². The van der Waals surface area contributed by atoms with Gasteiger partial charge in [-0.1, -0.05) is 72.8 Å². The molecule has 1 heterocycles. The van der Waals surface area contributed by atoms with E-state index in [4.69, 9.17) is 10.7 Å². The van der Waals surface area contributed by atoms with Crippen molar-refractivity contribution >= 4 is 11.0 Å². The third-order valence-corrected chi connectivity index (χ3v) is 4.85. The van der Waals surface area contributed by atoms with E-state index in [2.05, 4.69) is 59.6 Å². The van der Waals surface area contributed by atoms with Crippen LogP contribution in [0.15, 0.2) is 84.9 Å². The lowest BCUT2D eigenvalue weighted by Gasteiger charge is -2.33. The molecule has 25 heavy (non-hydrogen) atoms. The fraction of sp³-hybridized carbons (Fsp3) is 0.136. The molecular weight excluding hydrogens is 306 g/mol. The van der Waals surface area contributed by atoms with Crippen molar-refractivity contribution in [2.75, 3.05) is 6.54 Å². The number of benzene rings is 3. The van der Waals surface area contributed by atoms with Gasteiger partial charge in [0, 0.05) is 0 Å². The van der Waals surface area contributed by atoms with Crippen LogP contribution in [0.3, 0.4) is 0 Å². The summed E-state index contributed by atoms with van der Waals surface area (Å²) >= 11 is 0. The monoisotopic (exact) mass is 327 g/mol. The molecular formula is C22H21N3. The second kappa shape index (κ2) is 6.54. The van der Waals surface area contributed by atoms with Crippen LogP contribution in [0.2, 0.25) is 0 Å². The minimum Gasteiger partial charge on any atom is -0.341 e. The van der Waals surface area contributed by atoms with E-state index >= 15 is 0 Å². The van der Waals surface area contributed by atoms with E-state index in [1.807, 2.05) is 30.3 Å². The molecule has 0 atom stereocenters. The molecule has 3 N–H and O–H groups in total. The first kappa shape index (κ1) is 15.6. The summed E-state index contributed by atoms with van der Waals surface area (Å²) in [5.74, 6) is 0.941. The molecule has 0 fully saturated rings. The van der Waals surface area contributed by atoms with Crippen molar-refractivity contribution in [3.63, 3.8) is 0 Å². The number of imidazole rings is 1. The van der Waals surface area contributed by atoms with Gasteiger partial charge in [0.05, 0.1) is 16.4 Å². The summed E-state index contributed by atoms with van der Waals surface area (Å²) in [4.78, 5) is 8.50. The Balaban J connectivity index is 2.03. The van der Waals surface area contributed by atoms with E-state index in [0.29, 0.717) is 6.54 Å². The van der Waals surface area contributed by atoms with Crippen LogP contribution in [0.25, 0.3) is 11.0 Å². The van der Waals surface area contributed by atoms with Crippen LogP contribution in [-0.2, 0) is 5.41 Å². The largest absolute Gasteiger partial charge is 0.341 e. The van der Waals surface area contributed by atoms with Crippen LogP contribution in [0.4, 0.5) is 0 Å². The second-order valence-electron chi connectivity index (χ2n) is 6.28. The Bertz CT molecular complexity index is 886. The molecule has 0 unspecified atom stereocenters. The summed E-state index contributed by atoms with van der Waals surface area (Å²) in [6.07, 6.45) is 0.779. The van der Waals surface area contributed by atoms with Gasteiger partial charge in [-0.2, -0.15) is 0 Å². The van der Waals surface area contributed by atoms with Gasteiger partial charge in [0.15, 0.2) is 0 Å². The molecule has 3 heteroatoms. The molecule has 4 aromatic rings. The zero-order valence-electron chi connectivity index (χ0n) is 14.0. The number of nitrogens with zero attached hydrogens (tertiary/aromatic N) is 1. The number of aromatic nitrogens is 2. The van der Waals surface area contributed by atoms with Gasteiger partial charge in [-0.25, -0.2) is 4.98 Å². The molecule has 0 aliphatic heterocycles. The number of rotatable bonds is 5. The molecule has 0 saturated heterocycles. The molecule has 124 valence electrons. The van der Waals surface area contributed by atoms with Gasteiger partial charge in [0.2, 0.25) is 0 Å². The number of nitrogens with two attached hydrogens (primary N) is 1. The highest BCUT2D eigenvalue weighted by molar-refractivity contribution is 5.75. The number of H-pyrrole nitrogens is 1. The Morgan fingerprint density at radius 2 is 1.32 bits per heavy atom. The van der Waals surface area contributed by atoms with Crippen molar-refractivity contribution in [3.8, 4) is 0 Å². The van der Waals surface area contributed by atoms with E-state index in [1.54, 1.807) is 0 Å². The van der Waals surface area contributed by atoms with E-state index in [1.165, 1.54) is 11.1 Å². The summed E-state index contributed by atoms with van der Waals surface area (Å²) < 4.78 is 0. The number of hydrogen-bond acceptors (Lipinski definition) is 2. The predicted octanol–water partition coefficient (Wildman–Crippen LogP) is 4.25. The molecule has 0 aliphatic rings. The Labute approximate surface area is 147 Å². The highest BCUT2D eigenvalue weighted by atomic mass is 14.9. The van der Waals surface area contributed by atoms with Crippen LogP contribution >= 0.6 is 0 Å². The van der Waals surface area contributed by atoms with Gasteiger partial charge >= 0.3 is 0 Å². The second-order valence-corrected chi connectivity index (χ2v) is 6.28. The van der Waals surface area contributed by atoms with Gasteiger partial charge in [-0.05, 0) is 36.2 Å². The van der Waals surface area contributed by atoms with Crippen LogP contribution in [0.5, 0.6) is 0 Å². The quantitative estimate of drug-likeness (QED) is 0.576. The first-order valence-corrected chi connectivity index (χ1v) is 8.61. The molecule has 0 saturated carbocycles. The average molecular weight is 327 g/mol. The molecule has 0 aliphatic carbocycles. The van der Waals surface area contributed by atoms with Crippen molar-refractivity contribution in [2.24, 2.45) is 5.73 Å². The maximum atomic E-state index is 6.08. The van der Waals surface area contributed by atoms with Crippen LogP contribution in [-0.4, -0.2) is 16.5 Å². The number of aromatic amines is 1. The molecule has 0 radical (unpaired) electrons. The average Bonchev–Trinajstić information content (AvgIpc) is 3.12. The highest BCUT2D eigenvalue weighted by Crippen LogP contribution is 2.41. The summed E-state index contributed by atoms with van der Waals surface area (Å²) in [5.41, 5.74) is 10.1. The molecule has 1 aromatic heterocycles. The number of para-hydroxylation sites is 2.